The Morgan fingerprint density at radius 3 is 2.57 bits per heavy atom. The van der Waals surface area contributed by atoms with Gasteiger partial charge in [-0.3, -0.25) is 4.79 Å². The van der Waals surface area contributed by atoms with Crippen LogP contribution in [0.4, 0.5) is 5.69 Å². The van der Waals surface area contributed by atoms with E-state index in [1.807, 2.05) is 56.3 Å². The van der Waals surface area contributed by atoms with E-state index < -0.39 is 0 Å². The summed E-state index contributed by atoms with van der Waals surface area (Å²) in [5, 5.41) is 2.89. The second-order valence-corrected chi connectivity index (χ2v) is 5.19. The van der Waals surface area contributed by atoms with Gasteiger partial charge in [0.1, 0.15) is 5.75 Å². The van der Waals surface area contributed by atoms with Crippen molar-refractivity contribution >= 4 is 17.7 Å². The quantitative estimate of drug-likeness (QED) is 0.649. The van der Waals surface area contributed by atoms with E-state index in [4.69, 9.17) is 9.47 Å². The lowest BCUT2D eigenvalue weighted by atomic mass is 10.1. The van der Waals surface area contributed by atoms with E-state index in [9.17, 15) is 4.79 Å². The zero-order valence-corrected chi connectivity index (χ0v) is 13.6. The van der Waals surface area contributed by atoms with Gasteiger partial charge in [0.15, 0.2) is 6.79 Å². The average Bonchev–Trinajstić information content (AvgIpc) is 2.56. The van der Waals surface area contributed by atoms with E-state index in [1.54, 1.807) is 13.2 Å². The fourth-order valence-electron chi connectivity index (χ4n) is 2.03. The van der Waals surface area contributed by atoms with Crippen LogP contribution in [0.15, 0.2) is 48.5 Å². The molecule has 0 atom stereocenters. The Balaban J connectivity index is 1.96. The number of ether oxygens (including phenoxy) is 2. The van der Waals surface area contributed by atoms with Gasteiger partial charge in [-0.25, -0.2) is 0 Å². The molecule has 0 saturated carbocycles. The smallest absolute Gasteiger partial charge is 0.248 e. The van der Waals surface area contributed by atoms with Gasteiger partial charge in [-0.15, -0.1) is 0 Å². The number of anilines is 1. The van der Waals surface area contributed by atoms with Crippen LogP contribution in [0.1, 0.15) is 16.7 Å². The summed E-state index contributed by atoms with van der Waals surface area (Å²) in [6.45, 7) is 4.23. The third kappa shape index (κ3) is 4.97. The summed E-state index contributed by atoms with van der Waals surface area (Å²) >= 11 is 0. The fraction of sp³-hybridized carbons (Fsp3) is 0.211. The Morgan fingerprint density at radius 2 is 1.87 bits per heavy atom. The average molecular weight is 311 g/mol. The van der Waals surface area contributed by atoms with Gasteiger partial charge in [0.05, 0.1) is 0 Å². The molecule has 1 N–H and O–H groups in total. The van der Waals surface area contributed by atoms with Gasteiger partial charge in [-0.05, 0) is 54.8 Å². The number of hydrogen-bond donors (Lipinski definition) is 1. The molecule has 0 radical (unpaired) electrons. The Morgan fingerprint density at radius 1 is 1.13 bits per heavy atom. The van der Waals surface area contributed by atoms with Gasteiger partial charge in [-0.2, -0.15) is 0 Å². The van der Waals surface area contributed by atoms with E-state index in [1.165, 1.54) is 6.08 Å². The standard InChI is InChI=1S/C19H21NO3/c1-14-5-4-6-18(15(14)2)20-19(21)12-9-16-7-10-17(11-8-16)23-13-22-3/h4-12H,13H2,1-3H3,(H,20,21)/b12-9+. The maximum Gasteiger partial charge on any atom is 0.248 e. The number of hydrogen-bond acceptors (Lipinski definition) is 3. The molecule has 0 spiro atoms. The highest BCUT2D eigenvalue weighted by Crippen LogP contribution is 2.18. The lowest BCUT2D eigenvalue weighted by Gasteiger charge is -2.08. The van der Waals surface area contributed by atoms with Crippen LogP contribution in [0, 0.1) is 13.8 Å². The van der Waals surface area contributed by atoms with Gasteiger partial charge in [0.25, 0.3) is 0 Å². The second kappa shape index (κ2) is 8.15. The summed E-state index contributed by atoms with van der Waals surface area (Å²) in [5.41, 5.74) is 3.99. The minimum absolute atomic E-state index is 0.154. The molecule has 0 aliphatic carbocycles. The Labute approximate surface area is 136 Å². The van der Waals surface area contributed by atoms with Crippen LogP contribution in [0.2, 0.25) is 0 Å². The number of carbonyl (C=O) groups is 1. The van der Waals surface area contributed by atoms with Gasteiger partial charge in [0, 0.05) is 18.9 Å². The number of aryl methyl sites for hydroxylation is 1. The van der Waals surface area contributed by atoms with Crippen molar-refractivity contribution in [2.45, 2.75) is 13.8 Å². The van der Waals surface area contributed by atoms with Crippen molar-refractivity contribution in [2.75, 3.05) is 19.2 Å². The highest BCUT2D eigenvalue weighted by Gasteiger charge is 2.03. The predicted octanol–water partition coefficient (Wildman–Crippen LogP) is 3.94. The first-order valence-electron chi connectivity index (χ1n) is 7.37. The van der Waals surface area contributed by atoms with Crippen molar-refractivity contribution in [1.29, 1.82) is 0 Å². The SMILES string of the molecule is COCOc1ccc(/C=C/C(=O)Nc2cccc(C)c2C)cc1. The molecule has 0 aliphatic heterocycles. The van der Waals surface area contributed by atoms with Crippen molar-refractivity contribution in [3.63, 3.8) is 0 Å². The topological polar surface area (TPSA) is 47.6 Å². The van der Waals surface area contributed by atoms with Crippen LogP contribution in [-0.2, 0) is 9.53 Å². The first-order valence-corrected chi connectivity index (χ1v) is 7.37. The monoisotopic (exact) mass is 311 g/mol. The predicted molar refractivity (Wildman–Crippen MR) is 92.5 cm³/mol. The summed E-state index contributed by atoms with van der Waals surface area (Å²) in [5.74, 6) is 0.572. The normalized spacial score (nSPS) is 10.7. The lowest BCUT2D eigenvalue weighted by molar-refractivity contribution is -0.111. The van der Waals surface area contributed by atoms with E-state index in [0.717, 1.165) is 28.1 Å². The molecule has 120 valence electrons. The fourth-order valence-corrected chi connectivity index (χ4v) is 2.03. The van der Waals surface area contributed by atoms with Gasteiger partial charge in [0.2, 0.25) is 5.91 Å². The molecule has 0 aromatic heterocycles. The Hall–Kier alpha value is -2.59. The summed E-state index contributed by atoms with van der Waals surface area (Å²) in [7, 11) is 1.58. The van der Waals surface area contributed by atoms with Crippen LogP contribution in [0.5, 0.6) is 5.75 Å². The number of amides is 1. The number of rotatable bonds is 6. The number of methoxy groups -OCH3 is 1. The first-order chi connectivity index (χ1) is 11.1. The van der Waals surface area contributed by atoms with E-state index in [2.05, 4.69) is 5.32 Å². The van der Waals surface area contributed by atoms with Crippen molar-refractivity contribution in [1.82, 2.24) is 0 Å². The Bertz CT molecular complexity index is 690. The largest absolute Gasteiger partial charge is 0.468 e. The molecule has 2 aromatic rings. The number of benzene rings is 2. The van der Waals surface area contributed by atoms with Crippen molar-refractivity contribution in [3.8, 4) is 5.75 Å². The number of carbonyl (C=O) groups excluding carboxylic acids is 1. The maximum atomic E-state index is 12.0. The molecular formula is C19H21NO3. The molecule has 0 fully saturated rings. The zero-order valence-electron chi connectivity index (χ0n) is 13.6. The van der Waals surface area contributed by atoms with Crippen LogP contribution in [0.25, 0.3) is 6.08 Å². The summed E-state index contributed by atoms with van der Waals surface area (Å²) in [4.78, 5) is 12.0. The molecule has 23 heavy (non-hydrogen) atoms. The zero-order chi connectivity index (χ0) is 16.7. The van der Waals surface area contributed by atoms with Crippen LogP contribution >= 0.6 is 0 Å². The maximum absolute atomic E-state index is 12.0. The lowest BCUT2D eigenvalue weighted by Crippen LogP contribution is -2.09. The minimum Gasteiger partial charge on any atom is -0.468 e. The highest BCUT2D eigenvalue weighted by molar-refractivity contribution is 6.02. The molecule has 2 rings (SSSR count). The molecule has 1 amide bonds. The van der Waals surface area contributed by atoms with Crippen molar-refractivity contribution in [3.05, 3.63) is 65.2 Å². The molecule has 4 heteroatoms. The molecule has 4 nitrogen and oxygen atoms in total. The van der Waals surface area contributed by atoms with E-state index >= 15 is 0 Å². The number of nitrogens with one attached hydrogen (secondary N) is 1. The second-order valence-electron chi connectivity index (χ2n) is 5.19. The van der Waals surface area contributed by atoms with Crippen LogP contribution in [0.3, 0.4) is 0 Å². The van der Waals surface area contributed by atoms with Crippen LogP contribution in [-0.4, -0.2) is 19.8 Å². The molecule has 2 aromatic carbocycles. The van der Waals surface area contributed by atoms with E-state index in [0.29, 0.717) is 0 Å². The van der Waals surface area contributed by atoms with E-state index in [-0.39, 0.29) is 12.7 Å². The molecule has 0 unspecified atom stereocenters. The molecule has 0 heterocycles. The summed E-state index contributed by atoms with van der Waals surface area (Å²) < 4.78 is 10.2. The molecule has 0 bridgehead atoms. The van der Waals surface area contributed by atoms with Gasteiger partial charge < -0.3 is 14.8 Å². The summed E-state index contributed by atoms with van der Waals surface area (Å²) in [6, 6.07) is 13.3. The minimum atomic E-state index is -0.154. The first kappa shape index (κ1) is 16.8. The third-order valence-electron chi connectivity index (χ3n) is 3.51. The highest BCUT2D eigenvalue weighted by atomic mass is 16.7. The summed E-state index contributed by atoms with van der Waals surface area (Å²) in [6.07, 6.45) is 3.29. The molecule has 0 aliphatic rings. The Kier molecular flexibility index (Phi) is 5.94. The van der Waals surface area contributed by atoms with Crippen molar-refractivity contribution in [2.24, 2.45) is 0 Å². The third-order valence-corrected chi connectivity index (χ3v) is 3.51. The molecular weight excluding hydrogens is 290 g/mol. The molecule has 0 saturated heterocycles. The van der Waals surface area contributed by atoms with Crippen molar-refractivity contribution < 1.29 is 14.3 Å². The van der Waals surface area contributed by atoms with Crippen LogP contribution < -0.4 is 10.1 Å². The van der Waals surface area contributed by atoms with Gasteiger partial charge in [-0.1, -0.05) is 24.3 Å². The van der Waals surface area contributed by atoms with Gasteiger partial charge >= 0.3 is 0 Å².